The molecule has 0 radical (unpaired) electrons. The number of carbonyl (C=O) groups excluding carboxylic acids is 1. The van der Waals surface area contributed by atoms with Gasteiger partial charge in [0, 0.05) is 17.3 Å². The molecule has 186 valence electrons. The van der Waals surface area contributed by atoms with Crippen molar-refractivity contribution in [1.29, 1.82) is 0 Å². The van der Waals surface area contributed by atoms with E-state index < -0.39 is 40.0 Å². The summed E-state index contributed by atoms with van der Waals surface area (Å²) >= 11 is 12.0. The van der Waals surface area contributed by atoms with Crippen LogP contribution in [0, 0.1) is 5.82 Å². The number of anilines is 1. The Morgan fingerprint density at radius 2 is 1.66 bits per heavy atom. The summed E-state index contributed by atoms with van der Waals surface area (Å²) in [4.78, 5) is 12.3. The Morgan fingerprint density at radius 1 is 0.971 bits per heavy atom. The molecule has 0 fully saturated rings. The van der Waals surface area contributed by atoms with E-state index in [1.165, 1.54) is 12.1 Å². The van der Waals surface area contributed by atoms with Crippen LogP contribution in [0.5, 0.6) is 0 Å². The molecule has 5 nitrogen and oxygen atoms in total. The summed E-state index contributed by atoms with van der Waals surface area (Å²) in [6.45, 7) is -0.878. The van der Waals surface area contributed by atoms with Gasteiger partial charge in [0.15, 0.2) is 0 Å². The Kier molecular flexibility index (Phi) is 8.42. The Labute approximate surface area is 209 Å². The number of hydrogen-bond donors (Lipinski definition) is 1. The van der Waals surface area contributed by atoms with Crippen LogP contribution >= 0.6 is 23.2 Å². The fraction of sp³-hybridized carbons (Fsp3) is 0.174. The molecule has 0 atom stereocenters. The van der Waals surface area contributed by atoms with E-state index in [1.54, 1.807) is 30.3 Å². The predicted molar refractivity (Wildman–Crippen MR) is 125 cm³/mol. The lowest BCUT2D eigenvalue weighted by Gasteiger charge is -2.23. The van der Waals surface area contributed by atoms with Gasteiger partial charge in [-0.25, -0.2) is 12.8 Å². The zero-order valence-electron chi connectivity index (χ0n) is 17.8. The third-order valence-corrected chi connectivity index (χ3v) is 7.44. The molecule has 0 unspecified atom stereocenters. The van der Waals surface area contributed by atoms with Crippen molar-refractivity contribution in [3.8, 4) is 0 Å². The lowest BCUT2D eigenvalue weighted by Crippen LogP contribution is -2.39. The van der Waals surface area contributed by atoms with Gasteiger partial charge in [-0.15, -0.1) is 0 Å². The van der Waals surface area contributed by atoms with Gasteiger partial charge in [0.05, 0.1) is 17.1 Å². The molecule has 0 spiro atoms. The number of nitrogens with zero attached hydrogens (tertiary/aromatic N) is 1. The quantitative estimate of drug-likeness (QED) is 0.350. The minimum atomic E-state index is -4.97. The molecule has 0 bridgehead atoms. The van der Waals surface area contributed by atoms with E-state index in [0.29, 0.717) is 12.1 Å². The third-order valence-electron chi connectivity index (χ3n) is 4.88. The SMILES string of the molecule is O=C(CN(CCc1ccccc1)S(=O)(=O)c1cc(Cl)ccc1Cl)Nc1ccc(F)c(C(F)(F)F)c1. The molecule has 3 aromatic carbocycles. The fourth-order valence-electron chi connectivity index (χ4n) is 3.18. The van der Waals surface area contributed by atoms with Crippen LogP contribution in [0.3, 0.4) is 0 Å². The molecular weight excluding hydrogens is 531 g/mol. The summed E-state index contributed by atoms with van der Waals surface area (Å²) in [6, 6.07) is 14.6. The van der Waals surface area contributed by atoms with E-state index in [-0.39, 0.29) is 33.6 Å². The number of alkyl halides is 3. The second-order valence-electron chi connectivity index (χ2n) is 7.39. The Bertz CT molecular complexity index is 1320. The van der Waals surface area contributed by atoms with Gasteiger partial charge in [-0.2, -0.15) is 17.5 Å². The number of halogens is 6. The molecule has 1 amide bonds. The summed E-state index contributed by atoms with van der Waals surface area (Å²) in [5, 5.41) is 2.17. The van der Waals surface area contributed by atoms with Gasteiger partial charge < -0.3 is 5.32 Å². The first kappa shape index (κ1) is 26.9. The van der Waals surface area contributed by atoms with Gasteiger partial charge >= 0.3 is 6.18 Å². The van der Waals surface area contributed by atoms with Crippen LogP contribution < -0.4 is 5.32 Å². The molecule has 0 aliphatic carbocycles. The van der Waals surface area contributed by atoms with Crippen LogP contribution in [0.15, 0.2) is 71.6 Å². The third kappa shape index (κ3) is 6.94. The van der Waals surface area contributed by atoms with Crippen LogP contribution in [-0.2, 0) is 27.4 Å². The number of carbonyl (C=O) groups is 1. The van der Waals surface area contributed by atoms with Crippen molar-refractivity contribution in [1.82, 2.24) is 4.31 Å². The zero-order valence-corrected chi connectivity index (χ0v) is 20.1. The monoisotopic (exact) mass is 548 g/mol. The number of hydrogen-bond acceptors (Lipinski definition) is 3. The van der Waals surface area contributed by atoms with Gasteiger partial charge in [0.1, 0.15) is 10.7 Å². The van der Waals surface area contributed by atoms with E-state index in [1.807, 2.05) is 0 Å². The highest BCUT2D eigenvalue weighted by Gasteiger charge is 2.34. The summed E-state index contributed by atoms with van der Waals surface area (Å²) in [6.07, 6.45) is -4.74. The largest absolute Gasteiger partial charge is 0.419 e. The van der Waals surface area contributed by atoms with Gasteiger partial charge in [-0.3, -0.25) is 4.79 Å². The van der Waals surface area contributed by atoms with Crippen LogP contribution in [-0.4, -0.2) is 31.7 Å². The summed E-state index contributed by atoms with van der Waals surface area (Å²) < 4.78 is 80.1. The second-order valence-corrected chi connectivity index (χ2v) is 10.1. The van der Waals surface area contributed by atoms with Crippen molar-refractivity contribution in [3.05, 3.63) is 93.7 Å². The molecule has 0 saturated carbocycles. The summed E-state index contributed by atoms with van der Waals surface area (Å²) in [5.74, 6) is -2.43. The molecule has 0 aliphatic rings. The van der Waals surface area contributed by atoms with Crippen LogP contribution in [0.2, 0.25) is 10.0 Å². The summed E-state index contributed by atoms with van der Waals surface area (Å²) in [5.41, 5.74) is -1.11. The maximum absolute atomic E-state index is 13.5. The van der Waals surface area contributed by atoms with Crippen LogP contribution in [0.25, 0.3) is 0 Å². The molecule has 0 saturated heterocycles. The Balaban J connectivity index is 1.88. The molecule has 3 rings (SSSR count). The van der Waals surface area contributed by atoms with Gasteiger partial charge in [0.25, 0.3) is 0 Å². The topological polar surface area (TPSA) is 66.5 Å². The number of amides is 1. The minimum Gasteiger partial charge on any atom is -0.325 e. The molecular formula is C23H18Cl2F4N2O3S. The van der Waals surface area contributed by atoms with Gasteiger partial charge in [0.2, 0.25) is 15.9 Å². The maximum atomic E-state index is 13.5. The molecule has 3 aromatic rings. The van der Waals surface area contributed by atoms with Crippen molar-refractivity contribution in [2.24, 2.45) is 0 Å². The van der Waals surface area contributed by atoms with E-state index in [4.69, 9.17) is 23.2 Å². The number of rotatable bonds is 8. The molecule has 1 N–H and O–H groups in total. The molecule has 0 heterocycles. The van der Waals surface area contributed by atoms with E-state index in [9.17, 15) is 30.8 Å². The summed E-state index contributed by atoms with van der Waals surface area (Å²) in [7, 11) is -4.33. The first-order chi connectivity index (χ1) is 16.4. The Morgan fingerprint density at radius 3 is 2.31 bits per heavy atom. The minimum absolute atomic E-state index is 0.103. The van der Waals surface area contributed by atoms with Crippen LogP contribution in [0.1, 0.15) is 11.1 Å². The zero-order chi connectivity index (χ0) is 25.8. The second kappa shape index (κ2) is 10.9. The fourth-order valence-corrected chi connectivity index (χ4v) is 5.31. The number of nitrogens with one attached hydrogen (secondary N) is 1. The van der Waals surface area contributed by atoms with Crippen molar-refractivity contribution in [3.63, 3.8) is 0 Å². The Hall–Kier alpha value is -2.66. The highest BCUT2D eigenvalue weighted by Crippen LogP contribution is 2.33. The lowest BCUT2D eigenvalue weighted by atomic mass is 10.1. The number of sulfonamides is 1. The van der Waals surface area contributed by atoms with E-state index in [2.05, 4.69) is 5.32 Å². The average Bonchev–Trinajstić information content (AvgIpc) is 2.79. The molecule has 0 aromatic heterocycles. The van der Waals surface area contributed by atoms with Crippen LogP contribution in [0.4, 0.5) is 23.2 Å². The van der Waals surface area contributed by atoms with Crippen molar-refractivity contribution < 1.29 is 30.8 Å². The van der Waals surface area contributed by atoms with Crippen molar-refractivity contribution >= 4 is 44.8 Å². The van der Waals surface area contributed by atoms with E-state index >= 15 is 0 Å². The highest BCUT2D eigenvalue weighted by molar-refractivity contribution is 7.89. The first-order valence-electron chi connectivity index (χ1n) is 10.0. The molecule has 12 heteroatoms. The maximum Gasteiger partial charge on any atom is 0.419 e. The normalized spacial score (nSPS) is 12.1. The first-order valence-corrected chi connectivity index (χ1v) is 12.2. The van der Waals surface area contributed by atoms with Gasteiger partial charge in [-0.1, -0.05) is 53.5 Å². The average molecular weight is 549 g/mol. The lowest BCUT2D eigenvalue weighted by molar-refractivity contribution is -0.140. The van der Waals surface area contributed by atoms with Crippen molar-refractivity contribution in [2.75, 3.05) is 18.4 Å². The van der Waals surface area contributed by atoms with E-state index in [0.717, 1.165) is 22.0 Å². The smallest absolute Gasteiger partial charge is 0.325 e. The molecule has 35 heavy (non-hydrogen) atoms. The predicted octanol–water partition coefficient (Wildman–Crippen LogP) is 6.02. The van der Waals surface area contributed by atoms with Gasteiger partial charge in [-0.05, 0) is 48.4 Å². The standard InChI is InChI=1S/C23H18Cl2F4N2O3S/c24-16-6-8-19(25)21(12-16)35(33,34)31(11-10-15-4-2-1-3-5-15)14-22(32)30-17-7-9-20(26)18(13-17)23(27,28)29/h1-9,12-13H,10-11,14H2,(H,30,32). The number of benzene rings is 3. The highest BCUT2D eigenvalue weighted by atomic mass is 35.5. The molecule has 0 aliphatic heterocycles. The van der Waals surface area contributed by atoms with Crippen molar-refractivity contribution in [2.45, 2.75) is 17.5 Å².